The van der Waals surface area contributed by atoms with Gasteiger partial charge in [-0.15, -0.1) is 0 Å². The predicted molar refractivity (Wildman–Crippen MR) is 86.9 cm³/mol. The van der Waals surface area contributed by atoms with Crippen molar-refractivity contribution < 1.29 is 27.1 Å². The molecule has 0 aromatic heterocycles. The van der Waals surface area contributed by atoms with E-state index in [0.717, 1.165) is 0 Å². The highest BCUT2D eigenvalue weighted by molar-refractivity contribution is 7.91. The molecule has 1 aliphatic carbocycles. The number of sulfone groups is 1. The Morgan fingerprint density at radius 1 is 1.21 bits per heavy atom. The van der Waals surface area contributed by atoms with Crippen molar-refractivity contribution >= 4 is 21.4 Å². The molecule has 0 amide bonds. The monoisotopic (exact) mass is 358 g/mol. The molecule has 1 aliphatic rings. The number of carbonyl (C=O) groups is 1. The van der Waals surface area contributed by atoms with Gasteiger partial charge in [-0.3, -0.25) is 0 Å². The molecule has 1 aromatic carbocycles. The molecule has 1 N–H and O–H groups in total. The van der Waals surface area contributed by atoms with Crippen molar-refractivity contribution in [2.75, 3.05) is 5.75 Å². The van der Waals surface area contributed by atoms with Crippen LogP contribution in [0.15, 0.2) is 35.2 Å². The number of benzene rings is 1. The SMILES string of the molecule is CCCS(=O)(=O)c1ccc(/C(=C\[C@H]2C[C@@H](F)[C@@H](F)C2)C(=O)O)cc1. The van der Waals surface area contributed by atoms with E-state index in [1.807, 2.05) is 0 Å². The lowest BCUT2D eigenvalue weighted by Gasteiger charge is -2.08. The van der Waals surface area contributed by atoms with Crippen LogP contribution in [-0.4, -0.2) is 37.6 Å². The molecule has 1 saturated carbocycles. The second kappa shape index (κ2) is 7.42. The smallest absolute Gasteiger partial charge is 0.335 e. The lowest BCUT2D eigenvalue weighted by atomic mass is 9.99. The van der Waals surface area contributed by atoms with Gasteiger partial charge in [-0.1, -0.05) is 25.1 Å². The first kappa shape index (κ1) is 18.6. The molecule has 132 valence electrons. The number of aliphatic carboxylic acids is 1. The molecule has 1 fully saturated rings. The van der Waals surface area contributed by atoms with Gasteiger partial charge in [0.15, 0.2) is 9.84 Å². The Morgan fingerprint density at radius 3 is 2.21 bits per heavy atom. The van der Waals surface area contributed by atoms with Crippen LogP contribution < -0.4 is 0 Å². The summed E-state index contributed by atoms with van der Waals surface area (Å²) in [5, 5.41) is 9.36. The van der Waals surface area contributed by atoms with Crippen LogP contribution in [0.1, 0.15) is 31.7 Å². The zero-order valence-corrected chi connectivity index (χ0v) is 14.1. The second-order valence-corrected chi connectivity index (χ2v) is 8.10. The van der Waals surface area contributed by atoms with Crippen molar-refractivity contribution in [3.8, 4) is 0 Å². The Labute approximate surface area is 140 Å². The van der Waals surface area contributed by atoms with Crippen molar-refractivity contribution in [1.82, 2.24) is 0 Å². The average Bonchev–Trinajstić information content (AvgIpc) is 2.83. The van der Waals surface area contributed by atoms with Crippen LogP contribution in [0.4, 0.5) is 8.78 Å². The molecule has 4 nitrogen and oxygen atoms in total. The fourth-order valence-corrected chi connectivity index (χ4v) is 4.19. The van der Waals surface area contributed by atoms with Crippen molar-refractivity contribution in [2.24, 2.45) is 5.92 Å². The molecule has 0 heterocycles. The molecular weight excluding hydrogens is 338 g/mol. The first-order valence-electron chi connectivity index (χ1n) is 7.81. The maximum atomic E-state index is 13.3. The zero-order chi connectivity index (χ0) is 17.9. The van der Waals surface area contributed by atoms with Gasteiger partial charge in [0, 0.05) is 0 Å². The Kier molecular flexibility index (Phi) is 5.74. The van der Waals surface area contributed by atoms with E-state index in [0.29, 0.717) is 12.0 Å². The highest BCUT2D eigenvalue weighted by Gasteiger charge is 2.34. The number of rotatable bonds is 6. The average molecular weight is 358 g/mol. The third-order valence-corrected chi connectivity index (χ3v) is 6.01. The number of halogens is 2. The number of hydrogen-bond acceptors (Lipinski definition) is 3. The first-order chi connectivity index (χ1) is 11.2. The van der Waals surface area contributed by atoms with Gasteiger partial charge in [0.25, 0.3) is 0 Å². The third kappa shape index (κ3) is 4.20. The summed E-state index contributed by atoms with van der Waals surface area (Å²) in [6.07, 6.45) is -1.36. The van der Waals surface area contributed by atoms with Crippen LogP contribution in [0.5, 0.6) is 0 Å². The Bertz CT molecular complexity index is 715. The van der Waals surface area contributed by atoms with E-state index < -0.39 is 34.1 Å². The fraction of sp³-hybridized carbons (Fsp3) is 0.471. The van der Waals surface area contributed by atoms with Crippen LogP contribution in [-0.2, 0) is 14.6 Å². The standard InChI is InChI=1S/C17H20F2O4S/c1-2-7-24(22,23)13-5-3-12(4-6-13)14(17(20)21)8-11-9-15(18)16(19)10-11/h3-6,8,11,15-16H,2,7,9-10H2,1H3,(H,20,21)/b14-8+/t11-,15+,16-. The number of hydrogen-bond donors (Lipinski definition) is 1. The number of allylic oxidation sites excluding steroid dienone is 1. The molecule has 0 unspecified atom stereocenters. The van der Waals surface area contributed by atoms with Crippen molar-refractivity contribution in [1.29, 1.82) is 0 Å². The van der Waals surface area contributed by atoms with Gasteiger partial charge in [0.05, 0.1) is 16.2 Å². The summed E-state index contributed by atoms with van der Waals surface area (Å²) in [5.74, 6) is -1.67. The van der Waals surface area contributed by atoms with Crippen molar-refractivity contribution in [3.05, 3.63) is 35.9 Å². The minimum Gasteiger partial charge on any atom is -0.478 e. The summed E-state index contributed by atoms with van der Waals surface area (Å²) in [4.78, 5) is 11.6. The predicted octanol–water partition coefficient (Wildman–Crippen LogP) is 3.42. The summed E-state index contributed by atoms with van der Waals surface area (Å²) < 4.78 is 50.5. The maximum absolute atomic E-state index is 13.3. The van der Waals surface area contributed by atoms with Crippen molar-refractivity contribution in [2.45, 2.75) is 43.4 Å². The fourth-order valence-electron chi connectivity index (χ4n) is 2.86. The Balaban J connectivity index is 2.28. The van der Waals surface area contributed by atoms with E-state index >= 15 is 0 Å². The molecule has 7 heteroatoms. The van der Waals surface area contributed by atoms with E-state index in [4.69, 9.17) is 0 Å². The van der Waals surface area contributed by atoms with Crippen LogP contribution in [0.2, 0.25) is 0 Å². The summed E-state index contributed by atoms with van der Waals surface area (Å²) >= 11 is 0. The maximum Gasteiger partial charge on any atom is 0.335 e. The molecule has 3 atom stereocenters. The van der Waals surface area contributed by atoms with Gasteiger partial charge in [-0.05, 0) is 42.9 Å². The lowest BCUT2D eigenvalue weighted by Crippen LogP contribution is -2.07. The van der Waals surface area contributed by atoms with Crippen LogP contribution in [0.3, 0.4) is 0 Å². The van der Waals surface area contributed by atoms with Gasteiger partial charge in [-0.25, -0.2) is 22.0 Å². The minimum atomic E-state index is -3.38. The van der Waals surface area contributed by atoms with Gasteiger partial charge in [0.1, 0.15) is 12.3 Å². The van der Waals surface area contributed by atoms with Gasteiger partial charge in [-0.2, -0.15) is 0 Å². The number of carboxylic acid groups (broad SMARTS) is 1. The topological polar surface area (TPSA) is 71.4 Å². The molecule has 1 aromatic rings. The molecule has 0 saturated heterocycles. The van der Waals surface area contributed by atoms with E-state index in [2.05, 4.69) is 0 Å². The molecule has 0 aliphatic heterocycles. The Morgan fingerprint density at radius 2 is 1.75 bits per heavy atom. The largest absolute Gasteiger partial charge is 0.478 e. The molecule has 0 bridgehead atoms. The van der Waals surface area contributed by atoms with Crippen molar-refractivity contribution in [3.63, 3.8) is 0 Å². The lowest BCUT2D eigenvalue weighted by molar-refractivity contribution is -0.130. The first-order valence-corrected chi connectivity index (χ1v) is 9.46. The summed E-state index contributed by atoms with van der Waals surface area (Å²) in [6.45, 7) is 1.76. The quantitative estimate of drug-likeness (QED) is 0.791. The molecule has 0 spiro atoms. The summed E-state index contributed by atoms with van der Waals surface area (Å²) in [7, 11) is -3.38. The van der Waals surface area contributed by atoms with E-state index in [-0.39, 0.29) is 29.1 Å². The third-order valence-electron chi connectivity index (χ3n) is 4.08. The van der Waals surface area contributed by atoms with Gasteiger partial charge < -0.3 is 5.11 Å². The highest BCUT2D eigenvalue weighted by Crippen LogP contribution is 2.33. The number of alkyl halides is 2. The minimum absolute atomic E-state index is 0.0197. The van der Waals surface area contributed by atoms with E-state index in [9.17, 15) is 27.1 Å². The normalized spacial score (nSPS) is 25.0. The van der Waals surface area contributed by atoms with E-state index in [1.165, 1.54) is 30.3 Å². The highest BCUT2D eigenvalue weighted by atomic mass is 32.2. The summed E-state index contributed by atoms with van der Waals surface area (Å²) in [5.41, 5.74) is 0.247. The van der Waals surface area contributed by atoms with Gasteiger partial charge in [0.2, 0.25) is 0 Å². The van der Waals surface area contributed by atoms with Crippen LogP contribution in [0.25, 0.3) is 5.57 Å². The van der Waals surface area contributed by atoms with Gasteiger partial charge >= 0.3 is 5.97 Å². The van der Waals surface area contributed by atoms with E-state index in [1.54, 1.807) is 6.92 Å². The molecule has 0 radical (unpaired) electrons. The molecule has 24 heavy (non-hydrogen) atoms. The number of carboxylic acids is 1. The summed E-state index contributed by atoms with van der Waals surface area (Å²) in [6, 6.07) is 5.55. The molecule has 2 rings (SSSR count). The Hall–Kier alpha value is -1.76. The molecular formula is C17H20F2O4S. The van der Waals surface area contributed by atoms with Crippen LogP contribution in [0, 0.1) is 5.92 Å². The second-order valence-electron chi connectivity index (χ2n) is 5.99. The zero-order valence-electron chi connectivity index (χ0n) is 13.3. The van der Waals surface area contributed by atoms with Crippen LogP contribution >= 0.6 is 0 Å².